The molecule has 9 nitrogen and oxygen atoms in total. The van der Waals surface area contributed by atoms with Gasteiger partial charge in [-0.25, -0.2) is 0 Å². The Balaban J connectivity index is 1.74. The molecule has 0 radical (unpaired) electrons. The molecule has 1 amide bonds. The number of hydrogen-bond acceptors (Lipinski definition) is 8. The van der Waals surface area contributed by atoms with Crippen molar-refractivity contribution in [1.82, 2.24) is 20.4 Å². The Morgan fingerprint density at radius 2 is 2.27 bits per heavy atom. The lowest BCUT2D eigenvalue weighted by atomic mass is 10.1. The molecular weight excluding hydrogens is 340 g/mol. The van der Waals surface area contributed by atoms with Gasteiger partial charge in [0, 0.05) is 18.7 Å². The number of carbonyl (C=O) groups is 2. The summed E-state index contributed by atoms with van der Waals surface area (Å²) in [6.45, 7) is 1.34. The molecule has 0 spiro atoms. The Morgan fingerprint density at radius 1 is 1.42 bits per heavy atom. The van der Waals surface area contributed by atoms with E-state index in [1.165, 1.54) is 7.11 Å². The smallest absolute Gasteiger partial charge is 0.307 e. The second-order valence-electron chi connectivity index (χ2n) is 5.80. The van der Waals surface area contributed by atoms with Crippen LogP contribution in [0.5, 0.6) is 5.75 Å². The first kappa shape index (κ1) is 17.9. The molecule has 2 aromatic rings. The number of methoxy groups -OCH3 is 2. The van der Waals surface area contributed by atoms with Gasteiger partial charge in [-0.15, -0.1) is 0 Å². The van der Waals surface area contributed by atoms with Crippen molar-refractivity contribution in [2.45, 2.75) is 19.0 Å². The summed E-state index contributed by atoms with van der Waals surface area (Å²) in [5, 5.41) is 6.74. The molecule has 1 aromatic heterocycles. The van der Waals surface area contributed by atoms with E-state index in [0.717, 1.165) is 5.56 Å². The largest absolute Gasteiger partial charge is 0.497 e. The van der Waals surface area contributed by atoms with E-state index in [1.54, 1.807) is 7.11 Å². The molecule has 0 bridgehead atoms. The van der Waals surface area contributed by atoms with Gasteiger partial charge in [-0.2, -0.15) is 4.98 Å². The molecule has 1 N–H and O–H groups in total. The molecular formula is C17H20N4O5. The second kappa shape index (κ2) is 7.96. The summed E-state index contributed by atoms with van der Waals surface area (Å²) in [6.07, 6.45) is -0.0286. The van der Waals surface area contributed by atoms with Crippen molar-refractivity contribution in [1.29, 1.82) is 0 Å². The number of esters is 1. The predicted molar refractivity (Wildman–Crippen MR) is 90.1 cm³/mol. The van der Waals surface area contributed by atoms with Crippen molar-refractivity contribution >= 4 is 11.9 Å². The van der Waals surface area contributed by atoms with Gasteiger partial charge in [0.15, 0.2) is 0 Å². The SMILES string of the molecule is COC(=O)C[C@@H]1C(=O)NCCN1Cc1nc(-c2cccc(OC)c2)no1. The number of amides is 1. The highest BCUT2D eigenvalue weighted by atomic mass is 16.5. The van der Waals surface area contributed by atoms with E-state index in [2.05, 4.69) is 20.2 Å². The molecule has 138 valence electrons. The fraction of sp³-hybridized carbons (Fsp3) is 0.412. The van der Waals surface area contributed by atoms with Crippen LogP contribution in [0.25, 0.3) is 11.4 Å². The van der Waals surface area contributed by atoms with Gasteiger partial charge >= 0.3 is 5.97 Å². The number of carbonyl (C=O) groups excluding carboxylic acids is 2. The fourth-order valence-corrected chi connectivity index (χ4v) is 2.79. The van der Waals surface area contributed by atoms with Crippen molar-refractivity contribution in [2.24, 2.45) is 0 Å². The highest BCUT2D eigenvalue weighted by molar-refractivity contribution is 5.87. The van der Waals surface area contributed by atoms with Crippen molar-refractivity contribution in [3.05, 3.63) is 30.2 Å². The summed E-state index contributed by atoms with van der Waals surface area (Å²) in [5.74, 6) is 0.839. The Bertz CT molecular complexity index is 791. The van der Waals surface area contributed by atoms with E-state index in [-0.39, 0.29) is 18.9 Å². The van der Waals surface area contributed by atoms with Crippen molar-refractivity contribution in [2.75, 3.05) is 27.3 Å². The number of ether oxygens (including phenoxy) is 2. The quantitative estimate of drug-likeness (QED) is 0.747. The maximum Gasteiger partial charge on any atom is 0.307 e. The van der Waals surface area contributed by atoms with Gasteiger partial charge in [-0.05, 0) is 12.1 Å². The molecule has 1 aliphatic rings. The van der Waals surface area contributed by atoms with Crippen LogP contribution in [0.1, 0.15) is 12.3 Å². The van der Waals surface area contributed by atoms with Crippen molar-refractivity contribution in [3.8, 4) is 17.1 Å². The van der Waals surface area contributed by atoms with Crippen LogP contribution in [0.2, 0.25) is 0 Å². The summed E-state index contributed by atoms with van der Waals surface area (Å²) in [5.41, 5.74) is 0.766. The number of benzene rings is 1. The molecule has 1 aliphatic heterocycles. The normalized spacial score (nSPS) is 17.6. The van der Waals surface area contributed by atoms with Crippen LogP contribution in [0.4, 0.5) is 0 Å². The Labute approximate surface area is 150 Å². The van der Waals surface area contributed by atoms with E-state index in [9.17, 15) is 9.59 Å². The third-order valence-electron chi connectivity index (χ3n) is 4.16. The summed E-state index contributed by atoms with van der Waals surface area (Å²) < 4.78 is 15.2. The molecule has 0 unspecified atom stereocenters. The average Bonchev–Trinajstić information content (AvgIpc) is 3.13. The molecule has 2 heterocycles. The van der Waals surface area contributed by atoms with Crippen LogP contribution < -0.4 is 10.1 Å². The molecule has 9 heteroatoms. The number of aromatic nitrogens is 2. The maximum atomic E-state index is 12.1. The monoisotopic (exact) mass is 360 g/mol. The number of nitrogens with one attached hydrogen (secondary N) is 1. The molecule has 1 fully saturated rings. The van der Waals surface area contributed by atoms with Crippen LogP contribution in [-0.2, 0) is 20.9 Å². The zero-order chi connectivity index (χ0) is 18.5. The first-order chi connectivity index (χ1) is 12.6. The molecule has 26 heavy (non-hydrogen) atoms. The Kier molecular flexibility index (Phi) is 5.47. The Morgan fingerprint density at radius 3 is 3.04 bits per heavy atom. The van der Waals surface area contributed by atoms with Gasteiger partial charge in [0.05, 0.1) is 27.2 Å². The number of rotatable bonds is 6. The van der Waals surface area contributed by atoms with Gasteiger partial charge in [0.2, 0.25) is 17.6 Å². The lowest BCUT2D eigenvalue weighted by molar-refractivity contribution is -0.146. The van der Waals surface area contributed by atoms with E-state index in [4.69, 9.17) is 9.26 Å². The highest BCUT2D eigenvalue weighted by Crippen LogP contribution is 2.22. The van der Waals surface area contributed by atoms with Gasteiger partial charge < -0.3 is 19.3 Å². The minimum atomic E-state index is -0.622. The van der Waals surface area contributed by atoms with Crippen LogP contribution in [0.15, 0.2) is 28.8 Å². The maximum absolute atomic E-state index is 12.1. The van der Waals surface area contributed by atoms with Crippen molar-refractivity contribution in [3.63, 3.8) is 0 Å². The minimum Gasteiger partial charge on any atom is -0.497 e. The van der Waals surface area contributed by atoms with Crippen molar-refractivity contribution < 1.29 is 23.6 Å². The third kappa shape index (κ3) is 3.99. The minimum absolute atomic E-state index is 0.0286. The van der Waals surface area contributed by atoms with E-state index >= 15 is 0 Å². The lowest BCUT2D eigenvalue weighted by Crippen LogP contribution is -2.55. The number of nitrogens with zero attached hydrogens (tertiary/aromatic N) is 3. The highest BCUT2D eigenvalue weighted by Gasteiger charge is 2.33. The first-order valence-electron chi connectivity index (χ1n) is 8.16. The molecule has 0 aliphatic carbocycles. The predicted octanol–water partition coefficient (Wildman–Crippen LogP) is 0.609. The van der Waals surface area contributed by atoms with Gasteiger partial charge in [-0.3, -0.25) is 14.5 Å². The fourth-order valence-electron chi connectivity index (χ4n) is 2.79. The number of piperazine rings is 1. The second-order valence-corrected chi connectivity index (χ2v) is 5.80. The van der Waals surface area contributed by atoms with Gasteiger partial charge in [0.25, 0.3) is 0 Å². The topological polar surface area (TPSA) is 107 Å². The van der Waals surface area contributed by atoms with E-state index < -0.39 is 12.0 Å². The van der Waals surface area contributed by atoms with E-state index in [0.29, 0.717) is 30.6 Å². The molecule has 1 aromatic carbocycles. The molecule has 1 saturated heterocycles. The zero-order valence-electron chi connectivity index (χ0n) is 14.6. The van der Waals surface area contributed by atoms with Crippen LogP contribution in [0.3, 0.4) is 0 Å². The van der Waals surface area contributed by atoms with Crippen LogP contribution in [0, 0.1) is 0 Å². The lowest BCUT2D eigenvalue weighted by Gasteiger charge is -2.33. The zero-order valence-corrected chi connectivity index (χ0v) is 14.6. The van der Waals surface area contributed by atoms with E-state index in [1.807, 2.05) is 29.2 Å². The van der Waals surface area contributed by atoms with Gasteiger partial charge in [-0.1, -0.05) is 17.3 Å². The van der Waals surface area contributed by atoms with Gasteiger partial charge in [0.1, 0.15) is 11.8 Å². The van der Waals surface area contributed by atoms with Crippen LogP contribution >= 0.6 is 0 Å². The standard InChI is InChI=1S/C17H20N4O5/c1-24-12-5-3-4-11(8-12)16-19-14(26-20-16)10-21-7-6-18-17(23)13(21)9-15(22)25-2/h3-5,8,13H,6-7,9-10H2,1-2H3,(H,18,23)/t13-/m1/s1. The third-order valence-corrected chi connectivity index (χ3v) is 4.16. The Hall–Kier alpha value is -2.94. The first-order valence-corrected chi connectivity index (χ1v) is 8.16. The summed E-state index contributed by atoms with van der Waals surface area (Å²) in [6, 6.07) is 6.71. The molecule has 3 rings (SSSR count). The molecule has 1 atom stereocenters. The summed E-state index contributed by atoms with van der Waals surface area (Å²) in [7, 11) is 2.88. The summed E-state index contributed by atoms with van der Waals surface area (Å²) >= 11 is 0. The molecule has 0 saturated carbocycles. The number of hydrogen-bond donors (Lipinski definition) is 1. The summed E-state index contributed by atoms with van der Waals surface area (Å²) in [4.78, 5) is 29.9. The van der Waals surface area contributed by atoms with Crippen LogP contribution in [-0.4, -0.2) is 60.3 Å². The average molecular weight is 360 g/mol.